The number of H-pyrrole nitrogens is 1. The van der Waals surface area contributed by atoms with Gasteiger partial charge >= 0.3 is 12.3 Å². The van der Waals surface area contributed by atoms with Crippen LogP contribution in [0.4, 0.5) is 17.6 Å². The Labute approximate surface area is 104 Å². The summed E-state index contributed by atoms with van der Waals surface area (Å²) in [5.74, 6) is -2.41. The van der Waals surface area contributed by atoms with E-state index in [1.807, 2.05) is 0 Å². The molecule has 1 N–H and O–H groups in total. The molecular weight excluding hydrogens is 274 g/mol. The van der Waals surface area contributed by atoms with Crippen molar-refractivity contribution in [2.45, 2.75) is 20.0 Å². The Hall–Kier alpha value is -2.06. The minimum absolute atomic E-state index is 0.130. The van der Waals surface area contributed by atoms with Gasteiger partial charge in [0.05, 0.1) is 6.61 Å². The maximum absolute atomic E-state index is 12.7. The Morgan fingerprint density at radius 1 is 1.42 bits per heavy atom. The first-order chi connectivity index (χ1) is 8.78. The van der Waals surface area contributed by atoms with E-state index < -0.39 is 41.6 Å². The topological polar surface area (TPSA) is 68.4 Å². The molecule has 0 saturated carbocycles. The highest BCUT2D eigenvalue weighted by Crippen LogP contribution is 2.26. The van der Waals surface area contributed by atoms with Gasteiger partial charge < -0.3 is 9.47 Å². The van der Waals surface area contributed by atoms with E-state index in [0.717, 1.165) is 0 Å². The second kappa shape index (κ2) is 5.72. The third-order valence-electron chi connectivity index (χ3n) is 1.93. The molecule has 0 aromatic carbocycles. The lowest BCUT2D eigenvalue weighted by Crippen LogP contribution is -2.24. The quantitative estimate of drug-likeness (QED) is 0.677. The predicted octanol–water partition coefficient (Wildman–Crippen LogP) is 1.92. The highest BCUT2D eigenvalue weighted by atomic mass is 19.4. The van der Waals surface area contributed by atoms with Crippen LogP contribution in [0.1, 0.15) is 22.8 Å². The fourth-order valence-electron chi connectivity index (χ4n) is 1.31. The van der Waals surface area contributed by atoms with Gasteiger partial charge in [-0.15, -0.1) is 13.2 Å². The Kier molecular flexibility index (Phi) is 4.52. The highest BCUT2D eigenvalue weighted by molar-refractivity contribution is 5.93. The van der Waals surface area contributed by atoms with Gasteiger partial charge in [-0.05, 0) is 6.92 Å². The summed E-state index contributed by atoms with van der Waals surface area (Å²) in [5.41, 5.74) is -2.36. The van der Waals surface area contributed by atoms with Crippen molar-refractivity contribution in [3.8, 4) is 5.88 Å². The third kappa shape index (κ3) is 3.97. The van der Waals surface area contributed by atoms with Gasteiger partial charge in [-0.1, -0.05) is 0 Å². The average Bonchev–Trinajstić information content (AvgIpc) is 2.25. The van der Waals surface area contributed by atoms with E-state index in [2.05, 4.69) is 9.47 Å². The van der Waals surface area contributed by atoms with Crippen LogP contribution in [0, 0.1) is 0 Å². The Balaban J connectivity index is 3.37. The summed E-state index contributed by atoms with van der Waals surface area (Å²) in [4.78, 5) is 24.2. The van der Waals surface area contributed by atoms with Crippen molar-refractivity contribution < 1.29 is 31.8 Å². The summed E-state index contributed by atoms with van der Waals surface area (Å²) >= 11 is 0. The zero-order chi connectivity index (χ0) is 14.6. The highest BCUT2D eigenvalue weighted by Gasteiger charge is 2.35. The molecule has 9 heteroatoms. The SMILES string of the molecule is CCOC(=O)c1c(CF)cc(=O)[nH]c1OC(F)(F)F. The van der Waals surface area contributed by atoms with E-state index in [1.54, 1.807) is 4.98 Å². The van der Waals surface area contributed by atoms with E-state index in [-0.39, 0.29) is 6.61 Å². The smallest absolute Gasteiger partial charge is 0.462 e. The number of rotatable bonds is 4. The second-order valence-electron chi connectivity index (χ2n) is 3.26. The molecule has 1 aromatic heterocycles. The van der Waals surface area contributed by atoms with Gasteiger partial charge in [-0.3, -0.25) is 9.78 Å². The van der Waals surface area contributed by atoms with Gasteiger partial charge in [-0.2, -0.15) is 0 Å². The normalized spacial score (nSPS) is 11.2. The van der Waals surface area contributed by atoms with Crippen LogP contribution in [-0.4, -0.2) is 23.9 Å². The maximum atomic E-state index is 12.7. The van der Waals surface area contributed by atoms with Crippen molar-refractivity contribution in [3.63, 3.8) is 0 Å². The van der Waals surface area contributed by atoms with Gasteiger partial charge in [0, 0.05) is 11.6 Å². The number of pyridine rings is 1. The molecule has 0 radical (unpaired) electrons. The van der Waals surface area contributed by atoms with Crippen LogP contribution in [-0.2, 0) is 11.4 Å². The Morgan fingerprint density at radius 3 is 2.53 bits per heavy atom. The first kappa shape index (κ1) is 15.0. The molecule has 0 saturated heterocycles. The molecule has 106 valence electrons. The summed E-state index contributed by atoms with van der Waals surface area (Å²) in [5, 5.41) is 0. The molecule has 0 bridgehead atoms. The number of nitrogens with one attached hydrogen (secondary N) is 1. The predicted molar refractivity (Wildman–Crippen MR) is 54.5 cm³/mol. The molecular formula is C10H9F4NO4. The summed E-state index contributed by atoms with van der Waals surface area (Å²) in [6, 6.07) is 0.662. The second-order valence-corrected chi connectivity index (χ2v) is 3.26. The molecule has 0 aliphatic carbocycles. The van der Waals surface area contributed by atoms with E-state index in [1.165, 1.54) is 6.92 Å². The fraction of sp³-hybridized carbons (Fsp3) is 0.400. The molecule has 0 spiro atoms. The summed E-state index contributed by atoms with van der Waals surface area (Å²) in [6.07, 6.45) is -5.14. The molecule has 1 rings (SSSR count). The summed E-state index contributed by atoms with van der Waals surface area (Å²) < 4.78 is 57.1. The number of ether oxygens (including phenoxy) is 2. The van der Waals surface area contributed by atoms with Gasteiger partial charge in [0.25, 0.3) is 5.56 Å². The van der Waals surface area contributed by atoms with E-state index in [9.17, 15) is 27.2 Å². The monoisotopic (exact) mass is 283 g/mol. The third-order valence-corrected chi connectivity index (χ3v) is 1.93. The molecule has 0 aliphatic rings. The van der Waals surface area contributed by atoms with Crippen LogP contribution in [0.3, 0.4) is 0 Å². The van der Waals surface area contributed by atoms with Gasteiger partial charge in [-0.25, -0.2) is 9.18 Å². The van der Waals surface area contributed by atoms with Crippen molar-refractivity contribution >= 4 is 5.97 Å². The maximum Gasteiger partial charge on any atom is 0.574 e. The number of hydrogen-bond donors (Lipinski definition) is 1. The molecule has 0 amide bonds. The zero-order valence-corrected chi connectivity index (χ0v) is 9.64. The number of carbonyl (C=O) groups is 1. The van der Waals surface area contributed by atoms with E-state index in [4.69, 9.17) is 0 Å². The molecule has 0 atom stereocenters. The first-order valence-electron chi connectivity index (χ1n) is 5.03. The van der Waals surface area contributed by atoms with Crippen LogP contribution in [0.2, 0.25) is 0 Å². The zero-order valence-electron chi connectivity index (χ0n) is 9.64. The Morgan fingerprint density at radius 2 is 2.05 bits per heavy atom. The van der Waals surface area contributed by atoms with Crippen LogP contribution < -0.4 is 10.3 Å². The van der Waals surface area contributed by atoms with Crippen molar-refractivity contribution in [1.29, 1.82) is 0 Å². The van der Waals surface area contributed by atoms with Crippen molar-refractivity contribution in [2.75, 3.05) is 6.61 Å². The van der Waals surface area contributed by atoms with Crippen molar-refractivity contribution in [3.05, 3.63) is 27.5 Å². The summed E-state index contributed by atoms with van der Waals surface area (Å²) in [7, 11) is 0. The number of aromatic nitrogens is 1. The number of aromatic amines is 1. The van der Waals surface area contributed by atoms with Crippen LogP contribution >= 0.6 is 0 Å². The number of carbonyl (C=O) groups excluding carboxylic acids is 1. The lowest BCUT2D eigenvalue weighted by atomic mass is 10.1. The average molecular weight is 283 g/mol. The summed E-state index contributed by atoms with van der Waals surface area (Å²) in [6.45, 7) is -0.0234. The molecule has 5 nitrogen and oxygen atoms in total. The van der Waals surface area contributed by atoms with Gasteiger partial charge in [0.2, 0.25) is 5.88 Å². The largest absolute Gasteiger partial charge is 0.574 e. The molecule has 1 aromatic rings. The molecule has 1 heterocycles. The molecule has 0 fully saturated rings. The number of alkyl halides is 4. The minimum Gasteiger partial charge on any atom is -0.462 e. The van der Waals surface area contributed by atoms with Crippen LogP contribution in [0.15, 0.2) is 10.9 Å². The molecule has 19 heavy (non-hydrogen) atoms. The fourth-order valence-corrected chi connectivity index (χ4v) is 1.31. The first-order valence-corrected chi connectivity index (χ1v) is 5.03. The lowest BCUT2D eigenvalue weighted by molar-refractivity contribution is -0.276. The standard InChI is InChI=1S/C10H9F4NO4/c1-2-18-9(17)7-5(4-11)3-6(16)15-8(7)19-10(12,13)14/h3H,2,4H2,1H3,(H,15,16). The van der Waals surface area contributed by atoms with Crippen LogP contribution in [0.5, 0.6) is 5.88 Å². The molecule has 0 aliphatic heterocycles. The van der Waals surface area contributed by atoms with Crippen molar-refractivity contribution in [2.24, 2.45) is 0 Å². The van der Waals surface area contributed by atoms with E-state index in [0.29, 0.717) is 6.07 Å². The Bertz CT molecular complexity index is 523. The van der Waals surface area contributed by atoms with Crippen molar-refractivity contribution in [1.82, 2.24) is 4.98 Å². The number of hydrogen-bond acceptors (Lipinski definition) is 4. The van der Waals surface area contributed by atoms with E-state index >= 15 is 0 Å². The van der Waals surface area contributed by atoms with Crippen LogP contribution in [0.25, 0.3) is 0 Å². The number of halogens is 4. The van der Waals surface area contributed by atoms with Gasteiger partial charge in [0.1, 0.15) is 12.2 Å². The lowest BCUT2D eigenvalue weighted by Gasteiger charge is -2.13. The number of esters is 1. The van der Waals surface area contributed by atoms with Gasteiger partial charge in [0.15, 0.2) is 0 Å². The molecule has 0 unspecified atom stereocenters. The minimum atomic E-state index is -5.14.